The van der Waals surface area contributed by atoms with Gasteiger partial charge in [-0.2, -0.15) is 0 Å². The number of hydrogen-bond donors (Lipinski definition) is 2. The molecule has 1 heterocycles. The van der Waals surface area contributed by atoms with E-state index in [2.05, 4.69) is 9.72 Å². The molecule has 0 saturated carbocycles. The van der Waals surface area contributed by atoms with Crippen molar-refractivity contribution in [2.75, 3.05) is 7.11 Å². The van der Waals surface area contributed by atoms with E-state index in [1.807, 2.05) is 0 Å². The first-order valence-corrected chi connectivity index (χ1v) is 5.31. The highest BCUT2D eigenvalue weighted by Gasteiger charge is 2.17. The first-order chi connectivity index (χ1) is 8.52. The number of aromatic nitrogens is 1. The van der Waals surface area contributed by atoms with Crippen molar-refractivity contribution in [1.29, 1.82) is 0 Å². The molecule has 0 fully saturated rings. The van der Waals surface area contributed by atoms with Crippen LogP contribution >= 0.6 is 0 Å². The zero-order valence-electron chi connectivity index (χ0n) is 9.67. The van der Waals surface area contributed by atoms with E-state index >= 15 is 0 Å². The fourth-order valence-corrected chi connectivity index (χ4v) is 1.82. The minimum absolute atomic E-state index is 0.192. The normalized spacial score (nSPS) is 12.7. The van der Waals surface area contributed by atoms with Crippen LogP contribution in [0, 0.1) is 11.6 Å². The summed E-state index contributed by atoms with van der Waals surface area (Å²) in [5, 5.41) is 0.508. The number of methoxy groups -OCH3 is 1. The fraction of sp³-hybridized carbons (Fsp3) is 0.250. The molecule has 3 N–H and O–H groups in total. The maximum absolute atomic E-state index is 13.2. The van der Waals surface area contributed by atoms with E-state index in [4.69, 9.17) is 5.73 Å². The Hall–Kier alpha value is -1.95. The number of aromatic amines is 1. The zero-order chi connectivity index (χ0) is 13.3. The molecule has 6 heteroatoms. The molecule has 0 aliphatic rings. The standard InChI is InChI=1S/C12H12F2N2O2/c1-18-12(17)10(15)2-6-5-16-11-4-9(14)8(13)3-7(6)11/h3-5,10,16H,2,15H2,1H3. The predicted octanol–water partition coefficient (Wildman–Crippen LogP) is 1.49. The number of halogens is 2. The highest BCUT2D eigenvalue weighted by Crippen LogP contribution is 2.22. The molecule has 4 nitrogen and oxygen atoms in total. The number of nitrogens with one attached hydrogen (secondary N) is 1. The van der Waals surface area contributed by atoms with E-state index in [0.717, 1.165) is 12.1 Å². The van der Waals surface area contributed by atoms with Gasteiger partial charge in [-0.15, -0.1) is 0 Å². The maximum atomic E-state index is 13.2. The van der Waals surface area contributed by atoms with Crippen molar-refractivity contribution in [3.05, 3.63) is 35.5 Å². The van der Waals surface area contributed by atoms with E-state index in [-0.39, 0.29) is 6.42 Å². The van der Waals surface area contributed by atoms with Crippen molar-refractivity contribution >= 4 is 16.9 Å². The van der Waals surface area contributed by atoms with Gasteiger partial charge in [-0.05, 0) is 11.6 Å². The fourth-order valence-electron chi connectivity index (χ4n) is 1.82. The van der Waals surface area contributed by atoms with Crippen LogP contribution < -0.4 is 5.73 Å². The SMILES string of the molecule is COC(=O)C(N)Cc1c[nH]c2cc(F)c(F)cc12. The van der Waals surface area contributed by atoms with Crippen LogP contribution in [-0.2, 0) is 16.0 Å². The van der Waals surface area contributed by atoms with Gasteiger partial charge in [-0.25, -0.2) is 8.78 Å². The van der Waals surface area contributed by atoms with Gasteiger partial charge in [-0.1, -0.05) is 0 Å². The summed E-state index contributed by atoms with van der Waals surface area (Å²) in [6.07, 6.45) is 1.77. The van der Waals surface area contributed by atoms with Crippen LogP contribution in [0.15, 0.2) is 18.3 Å². The number of esters is 1. The Labute approximate surface area is 102 Å². The number of ether oxygens (including phenoxy) is 1. The average Bonchev–Trinajstić information content (AvgIpc) is 2.71. The van der Waals surface area contributed by atoms with Crippen molar-refractivity contribution in [1.82, 2.24) is 4.98 Å². The van der Waals surface area contributed by atoms with Crippen LogP contribution in [0.5, 0.6) is 0 Å². The molecule has 0 bridgehead atoms. The minimum atomic E-state index is -0.935. The van der Waals surface area contributed by atoms with Crippen molar-refractivity contribution in [3.8, 4) is 0 Å². The number of rotatable bonds is 3. The van der Waals surface area contributed by atoms with Gasteiger partial charge in [0.05, 0.1) is 7.11 Å². The summed E-state index contributed by atoms with van der Waals surface area (Å²) < 4.78 is 30.7. The van der Waals surface area contributed by atoms with Gasteiger partial charge in [0.2, 0.25) is 0 Å². The van der Waals surface area contributed by atoms with E-state index in [0.29, 0.717) is 16.5 Å². The molecule has 0 amide bonds. The Balaban J connectivity index is 2.35. The largest absolute Gasteiger partial charge is 0.468 e. The lowest BCUT2D eigenvalue weighted by Gasteiger charge is -2.08. The third kappa shape index (κ3) is 2.19. The van der Waals surface area contributed by atoms with Gasteiger partial charge in [0.25, 0.3) is 0 Å². The molecular weight excluding hydrogens is 242 g/mol. The summed E-state index contributed by atoms with van der Waals surface area (Å²) in [4.78, 5) is 14.0. The van der Waals surface area contributed by atoms with E-state index < -0.39 is 23.6 Å². The lowest BCUT2D eigenvalue weighted by Crippen LogP contribution is -2.33. The monoisotopic (exact) mass is 254 g/mol. The number of H-pyrrole nitrogens is 1. The Kier molecular flexibility index (Phi) is 3.29. The summed E-state index contributed by atoms with van der Waals surface area (Å²) >= 11 is 0. The molecule has 0 spiro atoms. The number of hydrogen-bond acceptors (Lipinski definition) is 3. The number of carbonyl (C=O) groups is 1. The van der Waals surface area contributed by atoms with Crippen LogP contribution in [0.4, 0.5) is 8.78 Å². The van der Waals surface area contributed by atoms with Gasteiger partial charge in [-0.3, -0.25) is 4.79 Å². The van der Waals surface area contributed by atoms with Gasteiger partial charge in [0.1, 0.15) is 6.04 Å². The highest BCUT2D eigenvalue weighted by atomic mass is 19.2. The summed E-state index contributed by atoms with van der Waals surface area (Å²) in [5.74, 6) is -2.41. The predicted molar refractivity (Wildman–Crippen MR) is 61.9 cm³/mol. The van der Waals surface area contributed by atoms with Crippen molar-refractivity contribution < 1.29 is 18.3 Å². The molecule has 2 aromatic rings. The van der Waals surface area contributed by atoms with Crippen molar-refractivity contribution in [3.63, 3.8) is 0 Å². The Bertz CT molecular complexity index is 595. The third-order valence-corrected chi connectivity index (χ3v) is 2.75. The number of benzene rings is 1. The molecule has 1 aromatic heterocycles. The van der Waals surface area contributed by atoms with Crippen molar-refractivity contribution in [2.24, 2.45) is 5.73 Å². The minimum Gasteiger partial charge on any atom is -0.468 e. The third-order valence-electron chi connectivity index (χ3n) is 2.75. The number of fused-ring (bicyclic) bond motifs is 1. The van der Waals surface area contributed by atoms with Gasteiger partial charge < -0.3 is 15.5 Å². The first-order valence-electron chi connectivity index (χ1n) is 5.31. The summed E-state index contributed by atoms with van der Waals surface area (Å²) in [6, 6.07) is 1.32. The van der Waals surface area contributed by atoms with E-state index in [1.165, 1.54) is 7.11 Å². The quantitative estimate of drug-likeness (QED) is 0.815. The number of carbonyl (C=O) groups excluding carboxylic acids is 1. The molecule has 1 atom stereocenters. The molecule has 0 aliphatic heterocycles. The molecule has 2 rings (SSSR count). The molecular formula is C12H12F2N2O2. The van der Waals surface area contributed by atoms with Gasteiger partial charge in [0.15, 0.2) is 11.6 Å². The van der Waals surface area contributed by atoms with E-state index in [9.17, 15) is 13.6 Å². The zero-order valence-corrected chi connectivity index (χ0v) is 9.67. The van der Waals surface area contributed by atoms with Crippen molar-refractivity contribution in [2.45, 2.75) is 12.5 Å². The topological polar surface area (TPSA) is 68.1 Å². The van der Waals surface area contributed by atoms with Crippen LogP contribution in [0.1, 0.15) is 5.56 Å². The van der Waals surface area contributed by atoms with Gasteiger partial charge >= 0.3 is 5.97 Å². The second-order valence-corrected chi connectivity index (χ2v) is 3.96. The lowest BCUT2D eigenvalue weighted by atomic mass is 10.1. The van der Waals surface area contributed by atoms with Crippen LogP contribution in [0.25, 0.3) is 10.9 Å². The molecule has 0 radical (unpaired) electrons. The average molecular weight is 254 g/mol. The smallest absolute Gasteiger partial charge is 0.322 e. The highest BCUT2D eigenvalue weighted by molar-refractivity contribution is 5.84. The van der Waals surface area contributed by atoms with Gasteiger partial charge in [0, 0.05) is 29.6 Å². The molecule has 1 unspecified atom stereocenters. The summed E-state index contributed by atoms with van der Waals surface area (Å²) in [7, 11) is 1.24. The molecule has 0 saturated heterocycles. The first kappa shape index (κ1) is 12.5. The molecule has 18 heavy (non-hydrogen) atoms. The maximum Gasteiger partial charge on any atom is 0.322 e. The Morgan fingerprint density at radius 3 is 2.78 bits per heavy atom. The Morgan fingerprint density at radius 1 is 1.44 bits per heavy atom. The number of nitrogens with two attached hydrogens (primary N) is 1. The van der Waals surface area contributed by atoms with Crippen LogP contribution in [0.2, 0.25) is 0 Å². The van der Waals surface area contributed by atoms with Crippen LogP contribution in [-0.4, -0.2) is 24.1 Å². The summed E-state index contributed by atoms with van der Waals surface area (Å²) in [5.41, 5.74) is 6.72. The van der Waals surface area contributed by atoms with Crippen LogP contribution in [0.3, 0.4) is 0 Å². The Morgan fingerprint density at radius 2 is 2.11 bits per heavy atom. The second-order valence-electron chi connectivity index (χ2n) is 3.96. The van der Waals surface area contributed by atoms with E-state index in [1.54, 1.807) is 6.20 Å². The second kappa shape index (κ2) is 4.73. The lowest BCUT2D eigenvalue weighted by molar-refractivity contribution is -0.142. The molecule has 0 aliphatic carbocycles. The summed E-state index contributed by atoms with van der Waals surface area (Å²) in [6.45, 7) is 0. The molecule has 1 aromatic carbocycles. The molecule has 96 valence electrons.